The lowest BCUT2D eigenvalue weighted by atomic mass is 10.0. The molecule has 0 atom stereocenters. The summed E-state index contributed by atoms with van der Waals surface area (Å²) in [6.07, 6.45) is 1.79. The average molecular weight is 394 g/mol. The molecule has 0 aliphatic heterocycles. The fraction of sp³-hybridized carbons (Fsp3) is 0.235. The lowest BCUT2D eigenvalue weighted by Gasteiger charge is -2.15. The van der Waals surface area contributed by atoms with Gasteiger partial charge in [0.25, 0.3) is 0 Å². The Kier molecular flexibility index (Phi) is 5.61. The van der Waals surface area contributed by atoms with Gasteiger partial charge in [0.15, 0.2) is 0 Å². The summed E-state index contributed by atoms with van der Waals surface area (Å²) >= 11 is 2.21. The number of amides is 2. The number of aryl methyl sites for hydroxylation is 2. The van der Waals surface area contributed by atoms with Gasteiger partial charge < -0.3 is 10.6 Å². The van der Waals surface area contributed by atoms with Crippen LogP contribution in [0.3, 0.4) is 0 Å². The number of rotatable bonds is 4. The molecule has 0 saturated carbocycles. The van der Waals surface area contributed by atoms with E-state index in [2.05, 4.69) is 59.2 Å². The highest BCUT2D eigenvalue weighted by molar-refractivity contribution is 14.1. The molecule has 0 radical (unpaired) electrons. The molecule has 0 fully saturated rings. The van der Waals surface area contributed by atoms with Crippen LogP contribution in [0.4, 0.5) is 16.2 Å². The molecule has 0 aromatic heterocycles. The zero-order valence-electron chi connectivity index (χ0n) is 12.2. The molecule has 2 aromatic carbocycles. The summed E-state index contributed by atoms with van der Waals surface area (Å²) in [5.41, 5.74) is 4.08. The third kappa shape index (κ3) is 3.97. The third-order valence-electron chi connectivity index (χ3n) is 3.36. The monoisotopic (exact) mass is 394 g/mol. The van der Waals surface area contributed by atoms with Crippen molar-refractivity contribution in [3.63, 3.8) is 0 Å². The van der Waals surface area contributed by atoms with Crippen molar-refractivity contribution in [1.29, 1.82) is 0 Å². The molecule has 0 aliphatic rings. The highest BCUT2D eigenvalue weighted by Gasteiger charge is 2.10. The number of hydrogen-bond donors (Lipinski definition) is 2. The Labute approximate surface area is 139 Å². The molecule has 0 heterocycles. The normalized spacial score (nSPS) is 10.2. The first-order valence-electron chi connectivity index (χ1n) is 7.09. The Morgan fingerprint density at radius 1 is 0.952 bits per heavy atom. The van der Waals surface area contributed by atoms with Crippen LogP contribution in [0.2, 0.25) is 0 Å². The maximum atomic E-state index is 12.2. The molecule has 110 valence electrons. The van der Waals surface area contributed by atoms with Gasteiger partial charge in [-0.1, -0.05) is 44.2 Å². The van der Waals surface area contributed by atoms with Crippen molar-refractivity contribution in [2.75, 3.05) is 10.6 Å². The molecular weight excluding hydrogens is 375 g/mol. The largest absolute Gasteiger partial charge is 0.323 e. The number of carbonyl (C=O) groups excluding carboxylic acids is 1. The molecule has 0 saturated heterocycles. The topological polar surface area (TPSA) is 41.1 Å². The molecule has 3 nitrogen and oxygen atoms in total. The molecule has 0 bridgehead atoms. The summed E-state index contributed by atoms with van der Waals surface area (Å²) in [6, 6.07) is 13.7. The summed E-state index contributed by atoms with van der Waals surface area (Å²) in [7, 11) is 0. The predicted molar refractivity (Wildman–Crippen MR) is 97.0 cm³/mol. The Bertz CT molecular complexity index is 618. The lowest BCUT2D eigenvalue weighted by molar-refractivity contribution is 0.262. The van der Waals surface area contributed by atoms with Crippen molar-refractivity contribution < 1.29 is 4.79 Å². The molecule has 2 amide bonds. The number of para-hydroxylation sites is 2. The van der Waals surface area contributed by atoms with Gasteiger partial charge in [-0.15, -0.1) is 0 Å². The van der Waals surface area contributed by atoms with Gasteiger partial charge >= 0.3 is 6.03 Å². The highest BCUT2D eigenvalue weighted by Crippen LogP contribution is 2.23. The minimum absolute atomic E-state index is 0.199. The van der Waals surface area contributed by atoms with Gasteiger partial charge in [0, 0.05) is 9.26 Å². The second-order valence-corrected chi connectivity index (χ2v) is 5.88. The van der Waals surface area contributed by atoms with Gasteiger partial charge in [-0.3, -0.25) is 0 Å². The van der Waals surface area contributed by atoms with Crippen molar-refractivity contribution in [3.8, 4) is 0 Å². The molecule has 0 unspecified atom stereocenters. The fourth-order valence-corrected chi connectivity index (χ4v) is 2.76. The summed E-state index contributed by atoms with van der Waals surface area (Å²) in [6.45, 7) is 4.19. The van der Waals surface area contributed by atoms with E-state index in [0.717, 1.165) is 38.9 Å². The van der Waals surface area contributed by atoms with E-state index in [1.54, 1.807) is 0 Å². The first-order chi connectivity index (χ1) is 10.2. The first-order valence-corrected chi connectivity index (χ1v) is 8.16. The van der Waals surface area contributed by atoms with Gasteiger partial charge in [0.05, 0.1) is 5.69 Å². The number of urea groups is 1. The smallest absolute Gasteiger partial charge is 0.307 e. The minimum atomic E-state index is -0.199. The molecule has 0 aliphatic carbocycles. The maximum Gasteiger partial charge on any atom is 0.323 e. The summed E-state index contributed by atoms with van der Waals surface area (Å²) in [4.78, 5) is 12.2. The van der Waals surface area contributed by atoms with E-state index in [0.29, 0.717) is 0 Å². The summed E-state index contributed by atoms with van der Waals surface area (Å²) in [5.74, 6) is 0. The van der Waals surface area contributed by atoms with Crippen LogP contribution in [0.1, 0.15) is 25.0 Å². The quantitative estimate of drug-likeness (QED) is 0.700. The molecule has 21 heavy (non-hydrogen) atoms. The second kappa shape index (κ2) is 7.45. The lowest BCUT2D eigenvalue weighted by Crippen LogP contribution is -2.21. The van der Waals surface area contributed by atoms with Gasteiger partial charge in [0.1, 0.15) is 0 Å². The number of hydrogen-bond acceptors (Lipinski definition) is 1. The summed E-state index contributed by atoms with van der Waals surface area (Å²) in [5, 5.41) is 5.91. The van der Waals surface area contributed by atoms with E-state index in [9.17, 15) is 4.79 Å². The first kappa shape index (κ1) is 15.8. The Morgan fingerprint density at radius 2 is 1.57 bits per heavy atom. The van der Waals surface area contributed by atoms with Crippen LogP contribution in [-0.2, 0) is 12.8 Å². The molecule has 0 spiro atoms. The van der Waals surface area contributed by atoms with E-state index < -0.39 is 0 Å². The van der Waals surface area contributed by atoms with Gasteiger partial charge in [-0.25, -0.2) is 4.79 Å². The van der Waals surface area contributed by atoms with Crippen LogP contribution < -0.4 is 10.6 Å². The van der Waals surface area contributed by atoms with Crippen LogP contribution in [0.15, 0.2) is 42.5 Å². The van der Waals surface area contributed by atoms with Crippen LogP contribution in [0.5, 0.6) is 0 Å². The van der Waals surface area contributed by atoms with E-state index in [1.165, 1.54) is 0 Å². The fourth-order valence-electron chi connectivity index (χ4n) is 2.23. The van der Waals surface area contributed by atoms with Crippen molar-refractivity contribution in [1.82, 2.24) is 0 Å². The molecular formula is C17H19IN2O. The van der Waals surface area contributed by atoms with Crippen molar-refractivity contribution >= 4 is 40.0 Å². The van der Waals surface area contributed by atoms with Crippen molar-refractivity contribution in [2.45, 2.75) is 26.7 Å². The number of halogens is 1. The highest BCUT2D eigenvalue weighted by atomic mass is 127. The van der Waals surface area contributed by atoms with E-state index in [4.69, 9.17) is 0 Å². The number of benzene rings is 2. The number of anilines is 2. The Morgan fingerprint density at radius 3 is 2.14 bits per heavy atom. The van der Waals surface area contributed by atoms with E-state index in [1.807, 2.05) is 30.3 Å². The second-order valence-electron chi connectivity index (χ2n) is 4.72. The SMILES string of the molecule is CCc1cccc(CC)c1NC(=O)Nc1ccccc1I. The van der Waals surface area contributed by atoms with Crippen LogP contribution in [0, 0.1) is 3.57 Å². The van der Waals surface area contributed by atoms with Crippen molar-refractivity contribution in [3.05, 3.63) is 57.2 Å². The standard InChI is InChI=1S/C17H19IN2O/c1-3-12-8-7-9-13(4-2)16(12)20-17(21)19-15-11-6-5-10-14(15)18/h5-11H,3-4H2,1-2H3,(H2,19,20,21). The molecule has 2 rings (SSSR count). The number of carbonyl (C=O) groups is 1. The maximum absolute atomic E-state index is 12.2. The van der Waals surface area contributed by atoms with E-state index >= 15 is 0 Å². The Hall–Kier alpha value is -1.56. The van der Waals surface area contributed by atoms with Gasteiger partial charge in [-0.05, 0) is 58.7 Å². The van der Waals surface area contributed by atoms with Crippen LogP contribution in [-0.4, -0.2) is 6.03 Å². The average Bonchev–Trinajstić information content (AvgIpc) is 2.49. The zero-order valence-corrected chi connectivity index (χ0v) is 14.4. The molecule has 2 N–H and O–H groups in total. The van der Waals surface area contributed by atoms with Gasteiger partial charge in [0.2, 0.25) is 0 Å². The van der Waals surface area contributed by atoms with Crippen LogP contribution in [0.25, 0.3) is 0 Å². The predicted octanol–water partition coefficient (Wildman–Crippen LogP) is 5.06. The number of nitrogens with one attached hydrogen (secondary N) is 2. The molecule has 4 heteroatoms. The zero-order chi connectivity index (χ0) is 15.2. The van der Waals surface area contributed by atoms with Crippen LogP contribution >= 0.6 is 22.6 Å². The van der Waals surface area contributed by atoms with E-state index in [-0.39, 0.29) is 6.03 Å². The van der Waals surface area contributed by atoms with Gasteiger partial charge in [-0.2, -0.15) is 0 Å². The molecule has 2 aromatic rings. The third-order valence-corrected chi connectivity index (χ3v) is 4.30. The minimum Gasteiger partial charge on any atom is -0.307 e. The van der Waals surface area contributed by atoms with Crippen molar-refractivity contribution in [2.24, 2.45) is 0 Å². The summed E-state index contributed by atoms with van der Waals surface area (Å²) < 4.78 is 1.02. The Balaban J connectivity index is 2.18.